The van der Waals surface area contributed by atoms with Gasteiger partial charge in [-0.25, -0.2) is 4.98 Å². The van der Waals surface area contributed by atoms with Gasteiger partial charge in [-0.1, -0.05) is 24.3 Å². The topological polar surface area (TPSA) is 80.3 Å². The summed E-state index contributed by atoms with van der Waals surface area (Å²) in [5, 5.41) is 9.80. The number of carbonyl (C=O) groups is 2. The Morgan fingerprint density at radius 2 is 2.00 bits per heavy atom. The zero-order valence-electron chi connectivity index (χ0n) is 14.9. The van der Waals surface area contributed by atoms with Crippen LogP contribution in [0.5, 0.6) is 5.75 Å². The van der Waals surface area contributed by atoms with Crippen molar-refractivity contribution in [1.82, 2.24) is 10.3 Å². The standard InChI is InChI=1S/C19H19N3O3S2/c1-12(14-6-3-4-7-15(14)25-2)20-17(23)10-13-11-27-19(21-13)22-18(24)16-8-5-9-26-16/h3-9,11-12H,10H2,1-2H3,(H,20,23)(H,21,22,24). The minimum atomic E-state index is -0.194. The van der Waals surface area contributed by atoms with Gasteiger partial charge < -0.3 is 10.1 Å². The van der Waals surface area contributed by atoms with E-state index in [2.05, 4.69) is 15.6 Å². The minimum absolute atomic E-state index is 0.144. The Hall–Kier alpha value is -2.71. The molecule has 27 heavy (non-hydrogen) atoms. The lowest BCUT2D eigenvalue weighted by atomic mass is 10.1. The molecule has 0 saturated heterocycles. The largest absolute Gasteiger partial charge is 0.496 e. The van der Waals surface area contributed by atoms with Crippen molar-refractivity contribution in [2.24, 2.45) is 0 Å². The molecule has 0 bridgehead atoms. The number of nitrogens with zero attached hydrogens (tertiary/aromatic N) is 1. The van der Waals surface area contributed by atoms with E-state index in [4.69, 9.17) is 4.74 Å². The summed E-state index contributed by atoms with van der Waals surface area (Å²) >= 11 is 2.67. The molecule has 0 spiro atoms. The molecule has 2 N–H and O–H groups in total. The second kappa shape index (κ2) is 8.79. The molecule has 1 atom stereocenters. The minimum Gasteiger partial charge on any atom is -0.496 e. The van der Waals surface area contributed by atoms with Crippen LogP contribution in [0.4, 0.5) is 5.13 Å². The first-order valence-electron chi connectivity index (χ1n) is 8.28. The summed E-state index contributed by atoms with van der Waals surface area (Å²) in [7, 11) is 1.61. The van der Waals surface area contributed by atoms with E-state index in [9.17, 15) is 9.59 Å². The van der Waals surface area contributed by atoms with Crippen molar-refractivity contribution < 1.29 is 14.3 Å². The summed E-state index contributed by atoms with van der Waals surface area (Å²) < 4.78 is 5.34. The van der Waals surface area contributed by atoms with Crippen LogP contribution in [0.2, 0.25) is 0 Å². The number of para-hydroxylation sites is 1. The van der Waals surface area contributed by atoms with Gasteiger partial charge in [0.25, 0.3) is 5.91 Å². The zero-order valence-corrected chi connectivity index (χ0v) is 16.5. The van der Waals surface area contributed by atoms with Crippen molar-refractivity contribution >= 4 is 39.6 Å². The van der Waals surface area contributed by atoms with E-state index in [1.165, 1.54) is 22.7 Å². The van der Waals surface area contributed by atoms with E-state index in [0.29, 0.717) is 15.7 Å². The normalized spacial score (nSPS) is 11.6. The number of methoxy groups -OCH3 is 1. The van der Waals surface area contributed by atoms with Crippen LogP contribution >= 0.6 is 22.7 Å². The first kappa shape index (κ1) is 19.1. The molecule has 6 nitrogen and oxygen atoms in total. The molecule has 0 fully saturated rings. The highest BCUT2D eigenvalue weighted by molar-refractivity contribution is 7.14. The molecule has 1 aromatic carbocycles. The molecule has 1 unspecified atom stereocenters. The molecule has 0 aliphatic carbocycles. The highest BCUT2D eigenvalue weighted by Gasteiger charge is 2.16. The Morgan fingerprint density at radius 1 is 1.19 bits per heavy atom. The molecule has 2 heterocycles. The molecule has 0 aliphatic heterocycles. The summed E-state index contributed by atoms with van der Waals surface area (Å²) in [5.41, 5.74) is 1.53. The van der Waals surface area contributed by atoms with Crippen molar-refractivity contribution in [3.8, 4) is 5.75 Å². The predicted molar refractivity (Wildman–Crippen MR) is 108 cm³/mol. The van der Waals surface area contributed by atoms with Crippen LogP contribution in [0.15, 0.2) is 47.2 Å². The van der Waals surface area contributed by atoms with Crippen molar-refractivity contribution in [1.29, 1.82) is 0 Å². The molecule has 0 radical (unpaired) electrons. The predicted octanol–water partition coefficient (Wildman–Crippen LogP) is 3.89. The van der Waals surface area contributed by atoms with Gasteiger partial charge in [-0.3, -0.25) is 14.9 Å². The number of amides is 2. The zero-order chi connectivity index (χ0) is 19.2. The number of anilines is 1. The van der Waals surface area contributed by atoms with Crippen LogP contribution < -0.4 is 15.4 Å². The number of nitrogens with one attached hydrogen (secondary N) is 2. The summed E-state index contributed by atoms with van der Waals surface area (Å²) in [6, 6.07) is 11.0. The van der Waals surface area contributed by atoms with Crippen LogP contribution in [-0.2, 0) is 11.2 Å². The van der Waals surface area contributed by atoms with Crippen molar-refractivity contribution in [2.75, 3.05) is 12.4 Å². The lowest BCUT2D eigenvalue weighted by molar-refractivity contribution is -0.121. The Kier molecular flexibility index (Phi) is 6.20. The Bertz CT molecular complexity index is 922. The third-order valence-corrected chi connectivity index (χ3v) is 5.52. The number of hydrogen-bond donors (Lipinski definition) is 2. The average molecular weight is 402 g/mol. The first-order chi connectivity index (χ1) is 13.1. The van der Waals surface area contributed by atoms with E-state index < -0.39 is 0 Å². The van der Waals surface area contributed by atoms with Gasteiger partial charge in [0.05, 0.1) is 30.1 Å². The van der Waals surface area contributed by atoms with E-state index in [0.717, 1.165) is 11.3 Å². The maximum Gasteiger partial charge on any atom is 0.267 e. The van der Waals surface area contributed by atoms with Gasteiger partial charge in [0.2, 0.25) is 5.91 Å². The fraction of sp³-hybridized carbons (Fsp3) is 0.211. The molecule has 8 heteroatoms. The Balaban J connectivity index is 1.57. The fourth-order valence-electron chi connectivity index (χ4n) is 2.57. The Labute approximate surface area is 165 Å². The monoisotopic (exact) mass is 401 g/mol. The van der Waals surface area contributed by atoms with E-state index in [1.54, 1.807) is 18.6 Å². The van der Waals surface area contributed by atoms with Gasteiger partial charge in [0.15, 0.2) is 5.13 Å². The van der Waals surface area contributed by atoms with Crippen molar-refractivity contribution in [3.63, 3.8) is 0 Å². The van der Waals surface area contributed by atoms with Crippen LogP contribution in [0.3, 0.4) is 0 Å². The third-order valence-electron chi connectivity index (χ3n) is 3.84. The number of thiophene rings is 1. The number of thiazole rings is 1. The van der Waals surface area contributed by atoms with Crippen LogP contribution in [-0.4, -0.2) is 23.9 Å². The molecule has 2 amide bonds. The molecule has 2 aromatic heterocycles. The van der Waals surface area contributed by atoms with Crippen LogP contribution in [0, 0.1) is 0 Å². The van der Waals surface area contributed by atoms with Gasteiger partial charge in [-0.2, -0.15) is 0 Å². The smallest absolute Gasteiger partial charge is 0.267 e. The second-order valence-electron chi connectivity index (χ2n) is 5.78. The molecule has 0 aliphatic rings. The maximum atomic E-state index is 12.3. The number of benzene rings is 1. The molecule has 3 rings (SSSR count). The number of carbonyl (C=O) groups excluding carboxylic acids is 2. The maximum absolute atomic E-state index is 12.3. The van der Waals surface area contributed by atoms with E-state index in [-0.39, 0.29) is 24.3 Å². The van der Waals surface area contributed by atoms with E-state index in [1.807, 2.05) is 42.6 Å². The van der Waals surface area contributed by atoms with Crippen molar-refractivity contribution in [2.45, 2.75) is 19.4 Å². The van der Waals surface area contributed by atoms with Gasteiger partial charge in [-0.05, 0) is 24.4 Å². The summed E-state index contributed by atoms with van der Waals surface area (Å²) in [5.74, 6) is 0.396. The van der Waals surface area contributed by atoms with Gasteiger partial charge in [-0.15, -0.1) is 22.7 Å². The molecular weight excluding hydrogens is 382 g/mol. The lowest BCUT2D eigenvalue weighted by Crippen LogP contribution is -2.28. The lowest BCUT2D eigenvalue weighted by Gasteiger charge is -2.16. The second-order valence-corrected chi connectivity index (χ2v) is 7.59. The summed E-state index contributed by atoms with van der Waals surface area (Å²) in [4.78, 5) is 29.3. The molecule has 0 saturated carbocycles. The highest BCUT2D eigenvalue weighted by Crippen LogP contribution is 2.24. The first-order valence-corrected chi connectivity index (χ1v) is 10.0. The fourth-order valence-corrected chi connectivity index (χ4v) is 3.90. The highest BCUT2D eigenvalue weighted by atomic mass is 32.1. The van der Waals surface area contributed by atoms with Crippen LogP contribution in [0.25, 0.3) is 0 Å². The molecule has 3 aromatic rings. The Morgan fingerprint density at radius 3 is 2.74 bits per heavy atom. The quantitative estimate of drug-likeness (QED) is 0.629. The third kappa shape index (κ3) is 4.93. The number of hydrogen-bond acceptors (Lipinski definition) is 6. The average Bonchev–Trinajstić information content (AvgIpc) is 3.33. The van der Waals surface area contributed by atoms with Gasteiger partial charge >= 0.3 is 0 Å². The number of aromatic nitrogens is 1. The van der Waals surface area contributed by atoms with Crippen LogP contribution in [0.1, 0.15) is 33.9 Å². The van der Waals surface area contributed by atoms with Gasteiger partial charge in [0, 0.05) is 10.9 Å². The summed E-state index contributed by atoms with van der Waals surface area (Å²) in [6.45, 7) is 1.91. The molecular formula is C19H19N3O3S2. The number of rotatable bonds is 7. The summed E-state index contributed by atoms with van der Waals surface area (Å²) in [6.07, 6.45) is 0.144. The van der Waals surface area contributed by atoms with Crippen molar-refractivity contribution in [3.05, 3.63) is 63.3 Å². The van der Waals surface area contributed by atoms with E-state index >= 15 is 0 Å². The molecule has 140 valence electrons. The van der Waals surface area contributed by atoms with Gasteiger partial charge in [0.1, 0.15) is 5.75 Å². The number of ether oxygens (including phenoxy) is 1. The SMILES string of the molecule is COc1ccccc1C(C)NC(=O)Cc1csc(NC(=O)c2cccs2)n1.